The maximum Gasteiger partial charge on any atom is 0.340 e. The second-order valence-electron chi connectivity index (χ2n) is 8.83. The normalized spacial score (nSPS) is 14.0. The van der Waals surface area contributed by atoms with E-state index in [1.54, 1.807) is 36.4 Å². The van der Waals surface area contributed by atoms with E-state index in [0.29, 0.717) is 45.5 Å². The van der Waals surface area contributed by atoms with Crippen molar-refractivity contribution in [1.82, 2.24) is 9.97 Å². The molecule has 7 heteroatoms. The van der Waals surface area contributed by atoms with Gasteiger partial charge in [-0.25, -0.2) is 14.8 Å². The van der Waals surface area contributed by atoms with Gasteiger partial charge in [0.25, 0.3) is 0 Å². The van der Waals surface area contributed by atoms with Crippen LogP contribution < -0.4 is 0 Å². The number of aliphatic hydroxyl groups is 1. The lowest BCUT2D eigenvalue weighted by molar-refractivity contribution is -0.150. The Balaban J connectivity index is 1.91. The fourth-order valence-electron chi connectivity index (χ4n) is 4.26. The molecule has 34 heavy (non-hydrogen) atoms. The van der Waals surface area contributed by atoms with E-state index in [1.165, 1.54) is 27.1 Å². The molecule has 1 heterocycles. The van der Waals surface area contributed by atoms with E-state index in [9.17, 15) is 14.7 Å². The van der Waals surface area contributed by atoms with Gasteiger partial charge in [0.2, 0.25) is 0 Å². The van der Waals surface area contributed by atoms with Gasteiger partial charge in [0.1, 0.15) is 5.52 Å². The number of aliphatic hydroxyl groups excluding tert-OH is 1. The van der Waals surface area contributed by atoms with Crippen LogP contribution in [-0.2, 0) is 14.3 Å². The molecule has 1 N–H and O–H groups in total. The van der Waals surface area contributed by atoms with Crippen LogP contribution in [0.4, 0.5) is 0 Å². The highest BCUT2D eigenvalue weighted by atomic mass is 16.5. The predicted octanol–water partition coefficient (Wildman–Crippen LogP) is 5.39. The molecule has 2 aromatic carbocycles. The van der Waals surface area contributed by atoms with Crippen molar-refractivity contribution < 1.29 is 24.2 Å². The molecule has 1 aromatic heterocycles. The lowest BCUT2D eigenvalue weighted by Crippen LogP contribution is -2.24. The van der Waals surface area contributed by atoms with Gasteiger partial charge in [-0.2, -0.15) is 0 Å². The minimum Gasteiger partial charge on any atom is -0.469 e. The Labute approximate surface area is 200 Å². The van der Waals surface area contributed by atoms with Crippen molar-refractivity contribution in [2.45, 2.75) is 58.5 Å². The third-order valence-electron chi connectivity index (χ3n) is 6.54. The molecule has 0 saturated carbocycles. The summed E-state index contributed by atoms with van der Waals surface area (Å²) in [7, 11) is 2.66. The molecule has 3 aromatic rings. The lowest BCUT2D eigenvalue weighted by Gasteiger charge is -2.22. The number of aromatic nitrogens is 2. The second kappa shape index (κ2) is 11.9. The van der Waals surface area contributed by atoms with Crippen molar-refractivity contribution in [2.24, 2.45) is 11.8 Å². The summed E-state index contributed by atoms with van der Waals surface area (Å²) in [6, 6.07) is 10.4. The monoisotopic (exact) mass is 466 g/mol. The van der Waals surface area contributed by atoms with Crippen LogP contribution in [-0.4, -0.2) is 41.2 Å². The van der Waals surface area contributed by atoms with Crippen LogP contribution in [0.3, 0.4) is 0 Å². The summed E-state index contributed by atoms with van der Waals surface area (Å²) in [4.78, 5) is 34.1. The van der Waals surface area contributed by atoms with E-state index in [4.69, 9.17) is 14.5 Å². The predicted molar refractivity (Wildman–Crippen MR) is 131 cm³/mol. The number of benzene rings is 2. The average Bonchev–Trinajstić information content (AvgIpc) is 2.87. The second-order valence-corrected chi connectivity index (χ2v) is 8.83. The van der Waals surface area contributed by atoms with Crippen LogP contribution in [0.2, 0.25) is 0 Å². The smallest absolute Gasteiger partial charge is 0.340 e. The number of nitrogens with zero attached hydrogens (tertiary/aromatic N) is 2. The zero-order valence-corrected chi connectivity index (χ0v) is 20.4. The number of hydrogen-bond acceptors (Lipinski definition) is 7. The molecular weight excluding hydrogens is 432 g/mol. The first kappa shape index (κ1) is 25.6. The molecule has 0 saturated heterocycles. The Morgan fingerprint density at radius 1 is 0.912 bits per heavy atom. The van der Waals surface area contributed by atoms with Crippen molar-refractivity contribution in [3.8, 4) is 0 Å². The summed E-state index contributed by atoms with van der Waals surface area (Å²) >= 11 is 0. The summed E-state index contributed by atoms with van der Waals surface area (Å²) < 4.78 is 9.88. The highest BCUT2D eigenvalue weighted by Crippen LogP contribution is 2.33. The maximum absolute atomic E-state index is 12.6. The third kappa shape index (κ3) is 5.70. The third-order valence-corrected chi connectivity index (χ3v) is 6.54. The highest BCUT2D eigenvalue weighted by molar-refractivity contribution is 6.03. The molecule has 0 aliphatic carbocycles. The van der Waals surface area contributed by atoms with E-state index >= 15 is 0 Å². The summed E-state index contributed by atoms with van der Waals surface area (Å²) in [5.74, 6) is -0.924. The molecule has 0 spiro atoms. The minimum atomic E-state index is -1.08. The maximum atomic E-state index is 12.6. The topological polar surface area (TPSA) is 98.6 Å². The standard InChI is InChI=1S/C27H34N2O5/c1-5-17(2)11-7-6-8-12-20(27(32)34-4)25(30)18-13-9-15-21-23(18)28-22-16-10-14-19(24(22)29-21)26(31)33-3/h9-10,13-17,20,25,30H,5-8,11-12H2,1-4H3/t17?,20-,25-/m1/s1. The van der Waals surface area contributed by atoms with Gasteiger partial charge in [0.15, 0.2) is 0 Å². The van der Waals surface area contributed by atoms with Crippen molar-refractivity contribution in [2.75, 3.05) is 14.2 Å². The van der Waals surface area contributed by atoms with Crippen molar-refractivity contribution in [1.29, 1.82) is 0 Å². The Kier molecular flexibility index (Phi) is 8.93. The fraction of sp³-hybridized carbons (Fsp3) is 0.481. The number of carbonyl (C=O) groups is 2. The van der Waals surface area contributed by atoms with E-state index in [2.05, 4.69) is 18.8 Å². The first-order valence-electron chi connectivity index (χ1n) is 11.9. The first-order chi connectivity index (χ1) is 16.4. The van der Waals surface area contributed by atoms with Gasteiger partial charge in [-0.1, -0.05) is 64.2 Å². The van der Waals surface area contributed by atoms with Crippen LogP contribution in [0.25, 0.3) is 22.1 Å². The Hall–Kier alpha value is -3.06. The molecule has 0 aliphatic rings. The lowest BCUT2D eigenvalue weighted by atomic mass is 9.89. The molecule has 7 nitrogen and oxygen atoms in total. The number of unbranched alkanes of at least 4 members (excludes halogenated alkanes) is 2. The van der Waals surface area contributed by atoms with Gasteiger partial charge in [-0.3, -0.25) is 4.79 Å². The van der Waals surface area contributed by atoms with Gasteiger partial charge < -0.3 is 14.6 Å². The average molecular weight is 467 g/mol. The number of fused-ring (bicyclic) bond motifs is 2. The van der Waals surface area contributed by atoms with Crippen LogP contribution in [0, 0.1) is 11.8 Å². The van der Waals surface area contributed by atoms with Gasteiger partial charge >= 0.3 is 11.9 Å². The molecular formula is C27H34N2O5. The Morgan fingerprint density at radius 3 is 2.24 bits per heavy atom. The minimum absolute atomic E-state index is 0.324. The number of methoxy groups -OCH3 is 2. The number of ether oxygens (including phenoxy) is 2. The zero-order valence-electron chi connectivity index (χ0n) is 20.4. The van der Waals surface area contributed by atoms with Crippen molar-refractivity contribution in [3.63, 3.8) is 0 Å². The summed E-state index contributed by atoms with van der Waals surface area (Å²) in [5.41, 5.74) is 2.80. The summed E-state index contributed by atoms with van der Waals surface area (Å²) in [6.45, 7) is 4.45. The molecule has 0 fully saturated rings. The van der Waals surface area contributed by atoms with E-state index in [1.807, 2.05) is 0 Å². The van der Waals surface area contributed by atoms with Gasteiger partial charge in [-0.15, -0.1) is 0 Å². The molecule has 0 radical (unpaired) electrons. The number of esters is 2. The number of para-hydroxylation sites is 2. The molecule has 182 valence electrons. The highest BCUT2D eigenvalue weighted by Gasteiger charge is 2.30. The largest absolute Gasteiger partial charge is 0.469 e. The van der Waals surface area contributed by atoms with Crippen LogP contribution in [0.15, 0.2) is 36.4 Å². The number of hydrogen-bond donors (Lipinski definition) is 1. The molecule has 3 atom stereocenters. The molecule has 0 aliphatic heterocycles. The fourth-order valence-corrected chi connectivity index (χ4v) is 4.26. The van der Waals surface area contributed by atoms with Gasteiger partial charge in [-0.05, 0) is 30.5 Å². The van der Waals surface area contributed by atoms with Gasteiger partial charge in [0, 0.05) is 5.56 Å². The van der Waals surface area contributed by atoms with E-state index in [-0.39, 0.29) is 0 Å². The van der Waals surface area contributed by atoms with E-state index < -0.39 is 24.0 Å². The SMILES string of the molecule is CCC(C)CCCCC[C@@H](C(=O)OC)[C@H](O)c1cccc2nc3c(C(=O)OC)cccc3nc12. The Bertz CT molecular complexity index is 1150. The van der Waals surface area contributed by atoms with Crippen LogP contribution >= 0.6 is 0 Å². The zero-order chi connectivity index (χ0) is 24.7. The first-order valence-corrected chi connectivity index (χ1v) is 11.9. The molecule has 0 bridgehead atoms. The Morgan fingerprint density at radius 2 is 1.56 bits per heavy atom. The summed E-state index contributed by atoms with van der Waals surface area (Å²) in [5, 5.41) is 11.3. The molecule has 0 amide bonds. The molecule has 3 rings (SSSR count). The quantitative estimate of drug-likeness (QED) is 0.230. The van der Waals surface area contributed by atoms with Crippen molar-refractivity contribution >= 4 is 34.0 Å². The van der Waals surface area contributed by atoms with E-state index in [0.717, 1.165) is 19.3 Å². The number of rotatable bonds is 11. The van der Waals surface area contributed by atoms with Gasteiger partial charge in [0.05, 0.1) is 48.4 Å². The van der Waals surface area contributed by atoms with Crippen molar-refractivity contribution in [3.05, 3.63) is 47.5 Å². The van der Waals surface area contributed by atoms with Crippen LogP contribution in [0.1, 0.15) is 74.4 Å². The number of carbonyl (C=O) groups excluding carboxylic acids is 2. The van der Waals surface area contributed by atoms with Crippen LogP contribution in [0.5, 0.6) is 0 Å². The molecule has 1 unspecified atom stereocenters. The summed E-state index contributed by atoms with van der Waals surface area (Å²) in [6.07, 6.45) is 4.71.